The van der Waals surface area contributed by atoms with Crippen LogP contribution >= 0.6 is 11.3 Å². The molecule has 0 amide bonds. The molecule has 0 aliphatic carbocycles. The number of fused-ring (bicyclic) bond motifs is 16. The highest BCUT2D eigenvalue weighted by Gasteiger charge is 2.16. The Morgan fingerprint density at radius 3 is 1.23 bits per heavy atom. The Morgan fingerprint density at radius 1 is 0.279 bits per heavy atom. The van der Waals surface area contributed by atoms with Crippen LogP contribution < -0.4 is 0 Å². The van der Waals surface area contributed by atoms with E-state index in [1.165, 1.54) is 95.9 Å². The molecule has 0 saturated carbocycles. The maximum absolute atomic E-state index is 2.41. The van der Waals surface area contributed by atoms with Gasteiger partial charge in [0.1, 0.15) is 0 Å². The lowest BCUT2D eigenvalue weighted by Gasteiger charge is -2.12. The first-order valence-corrected chi connectivity index (χ1v) is 15.7. The van der Waals surface area contributed by atoms with Crippen LogP contribution in [0.5, 0.6) is 0 Å². The molecule has 10 aromatic rings. The van der Waals surface area contributed by atoms with Gasteiger partial charge in [0.15, 0.2) is 0 Å². The van der Waals surface area contributed by atoms with Crippen molar-refractivity contribution in [2.75, 3.05) is 0 Å². The first-order valence-electron chi connectivity index (χ1n) is 14.9. The van der Waals surface area contributed by atoms with E-state index in [0.29, 0.717) is 0 Å². The van der Waals surface area contributed by atoms with Crippen molar-refractivity contribution in [2.24, 2.45) is 0 Å². The van der Waals surface area contributed by atoms with Gasteiger partial charge in [-0.3, -0.25) is 0 Å². The van der Waals surface area contributed by atoms with Crippen molar-refractivity contribution in [3.8, 4) is 11.1 Å². The van der Waals surface area contributed by atoms with E-state index in [-0.39, 0.29) is 0 Å². The van der Waals surface area contributed by atoms with Gasteiger partial charge in [-0.25, -0.2) is 0 Å². The monoisotopic (exact) mass is 560 g/mol. The van der Waals surface area contributed by atoms with Crippen LogP contribution in [0.3, 0.4) is 0 Å². The third kappa shape index (κ3) is 3.20. The summed E-state index contributed by atoms with van der Waals surface area (Å²) in [5, 5.41) is 18.6. The van der Waals surface area contributed by atoms with Crippen molar-refractivity contribution < 1.29 is 0 Å². The molecule has 0 bridgehead atoms. The fourth-order valence-corrected chi connectivity index (χ4v) is 8.73. The second-order valence-electron chi connectivity index (χ2n) is 11.6. The normalized spacial score (nSPS) is 12.2. The number of thiophene rings is 1. The van der Waals surface area contributed by atoms with E-state index in [9.17, 15) is 0 Å². The molecule has 0 spiro atoms. The minimum absolute atomic E-state index is 1.26. The number of rotatable bonds is 1. The maximum atomic E-state index is 2.41. The summed E-state index contributed by atoms with van der Waals surface area (Å²) in [5.41, 5.74) is 2.52. The molecule has 43 heavy (non-hydrogen) atoms. The van der Waals surface area contributed by atoms with E-state index in [0.717, 1.165) is 0 Å². The molecule has 0 saturated heterocycles. The van der Waals surface area contributed by atoms with Crippen LogP contribution in [0.1, 0.15) is 0 Å². The summed E-state index contributed by atoms with van der Waals surface area (Å²) in [5.74, 6) is 0. The van der Waals surface area contributed by atoms with E-state index >= 15 is 0 Å². The van der Waals surface area contributed by atoms with Gasteiger partial charge in [0.2, 0.25) is 0 Å². The minimum Gasteiger partial charge on any atom is -0.135 e. The highest BCUT2D eigenvalue weighted by Crippen LogP contribution is 2.45. The Balaban J connectivity index is 1.25. The molecule has 0 nitrogen and oxygen atoms in total. The lowest BCUT2D eigenvalue weighted by atomic mass is 9.91. The zero-order valence-corrected chi connectivity index (χ0v) is 24.1. The van der Waals surface area contributed by atoms with Crippen LogP contribution in [-0.2, 0) is 0 Å². The number of benzene rings is 9. The van der Waals surface area contributed by atoms with Gasteiger partial charge in [0.25, 0.3) is 0 Å². The summed E-state index contributed by atoms with van der Waals surface area (Å²) in [4.78, 5) is 0. The summed E-state index contributed by atoms with van der Waals surface area (Å²) < 4.78 is 2.71. The van der Waals surface area contributed by atoms with E-state index in [4.69, 9.17) is 0 Å². The van der Waals surface area contributed by atoms with Crippen molar-refractivity contribution >= 4 is 96.1 Å². The first kappa shape index (κ1) is 23.3. The standard InChI is InChI=1S/C42H24S/c1-2-11-29-27(9-1)28-10-4-6-15-33(28)38-23-25(17-19-34(29)38)26-18-22-40-39(24-26)37-21-20-36-32-14-5-3-12-30(32)31-13-7-8-16-35(31)41(36)42(37)43-40/h1-24H. The van der Waals surface area contributed by atoms with Gasteiger partial charge < -0.3 is 0 Å². The molecule has 1 heterocycles. The van der Waals surface area contributed by atoms with Crippen molar-refractivity contribution in [2.45, 2.75) is 0 Å². The summed E-state index contributed by atoms with van der Waals surface area (Å²) >= 11 is 1.92. The van der Waals surface area contributed by atoms with Crippen LogP contribution in [-0.4, -0.2) is 0 Å². The van der Waals surface area contributed by atoms with Gasteiger partial charge in [0.05, 0.1) is 0 Å². The largest absolute Gasteiger partial charge is 0.135 e. The molecule has 0 atom stereocenters. The fourth-order valence-electron chi connectivity index (χ4n) is 7.49. The first-order chi connectivity index (χ1) is 21.3. The predicted molar refractivity (Wildman–Crippen MR) is 190 cm³/mol. The summed E-state index contributed by atoms with van der Waals surface area (Å²) in [7, 11) is 0. The molecule has 0 aliphatic rings. The summed E-state index contributed by atoms with van der Waals surface area (Å²) in [6, 6.07) is 54.1. The Hall–Kier alpha value is -5.24. The molecule has 1 aromatic heterocycles. The lowest BCUT2D eigenvalue weighted by molar-refractivity contribution is 1.71. The quantitative estimate of drug-likeness (QED) is 0.175. The van der Waals surface area contributed by atoms with Crippen LogP contribution in [0.25, 0.3) is 95.9 Å². The minimum atomic E-state index is 1.26. The topological polar surface area (TPSA) is 0 Å². The SMILES string of the molecule is c1ccc2c(c1)c1ccccc1c1cc(-c3ccc4sc5c(ccc6c7ccccc7c7ccccc7c65)c4c3)ccc21. The average molecular weight is 561 g/mol. The van der Waals surface area contributed by atoms with Gasteiger partial charge in [-0.05, 0) is 88.6 Å². The highest BCUT2D eigenvalue weighted by molar-refractivity contribution is 7.26. The predicted octanol–water partition coefficient (Wildman–Crippen LogP) is 12.6. The highest BCUT2D eigenvalue weighted by atomic mass is 32.1. The molecular formula is C42H24S. The molecule has 0 aliphatic heterocycles. The third-order valence-corrected chi connectivity index (χ3v) is 10.6. The second kappa shape index (κ2) is 8.64. The van der Waals surface area contributed by atoms with E-state index in [2.05, 4.69) is 146 Å². The van der Waals surface area contributed by atoms with Crippen LogP contribution in [0, 0.1) is 0 Å². The zero-order valence-electron chi connectivity index (χ0n) is 23.3. The van der Waals surface area contributed by atoms with Crippen molar-refractivity contribution in [3.63, 3.8) is 0 Å². The zero-order chi connectivity index (χ0) is 28.1. The van der Waals surface area contributed by atoms with E-state index in [1.807, 2.05) is 11.3 Å². The van der Waals surface area contributed by atoms with Gasteiger partial charge >= 0.3 is 0 Å². The lowest BCUT2D eigenvalue weighted by Crippen LogP contribution is -1.85. The Bertz CT molecular complexity index is 2710. The molecule has 0 unspecified atom stereocenters. The molecule has 0 fully saturated rings. The molecule has 0 radical (unpaired) electrons. The number of hydrogen-bond acceptors (Lipinski definition) is 1. The Kier molecular flexibility index (Phi) is 4.69. The van der Waals surface area contributed by atoms with Crippen LogP contribution in [0.4, 0.5) is 0 Å². The van der Waals surface area contributed by atoms with Crippen molar-refractivity contribution in [1.29, 1.82) is 0 Å². The van der Waals surface area contributed by atoms with Gasteiger partial charge in [-0.2, -0.15) is 0 Å². The molecule has 0 N–H and O–H groups in total. The van der Waals surface area contributed by atoms with Gasteiger partial charge in [-0.1, -0.05) is 127 Å². The summed E-state index contributed by atoms with van der Waals surface area (Å²) in [6.07, 6.45) is 0. The number of hydrogen-bond donors (Lipinski definition) is 0. The van der Waals surface area contributed by atoms with Gasteiger partial charge in [-0.15, -0.1) is 11.3 Å². The fraction of sp³-hybridized carbons (Fsp3) is 0. The third-order valence-electron chi connectivity index (χ3n) is 9.42. The Morgan fingerprint density at radius 2 is 0.651 bits per heavy atom. The molecule has 1 heteroatoms. The Labute approximate surface area is 252 Å². The maximum Gasteiger partial charge on any atom is 0.0440 e. The second-order valence-corrected chi connectivity index (χ2v) is 12.7. The molecule has 10 rings (SSSR count). The van der Waals surface area contributed by atoms with Gasteiger partial charge in [0, 0.05) is 25.6 Å². The van der Waals surface area contributed by atoms with E-state index in [1.54, 1.807) is 0 Å². The summed E-state index contributed by atoms with van der Waals surface area (Å²) in [6.45, 7) is 0. The van der Waals surface area contributed by atoms with E-state index < -0.39 is 0 Å². The average Bonchev–Trinajstić information content (AvgIpc) is 3.46. The van der Waals surface area contributed by atoms with Crippen LogP contribution in [0.2, 0.25) is 0 Å². The molecule has 198 valence electrons. The molecular weight excluding hydrogens is 537 g/mol. The van der Waals surface area contributed by atoms with Crippen molar-refractivity contribution in [1.82, 2.24) is 0 Å². The van der Waals surface area contributed by atoms with Crippen LogP contribution in [0.15, 0.2) is 146 Å². The molecule has 9 aromatic carbocycles. The smallest absolute Gasteiger partial charge is 0.0440 e. The van der Waals surface area contributed by atoms with Crippen molar-refractivity contribution in [3.05, 3.63) is 146 Å².